The van der Waals surface area contributed by atoms with Gasteiger partial charge in [0.1, 0.15) is 6.04 Å². The standard InChI is InChI=1S/C9H11N3O3S2/c13-8(14)7-3-17-5-12(7)9(15)10-1-6-2-16-4-11-6/h2,4,7H,1,3,5H2,(H,10,15)(H,13,14). The van der Waals surface area contributed by atoms with Crippen LogP contribution in [0.2, 0.25) is 0 Å². The minimum Gasteiger partial charge on any atom is -0.480 e. The third-order valence-electron chi connectivity index (χ3n) is 2.33. The maximum absolute atomic E-state index is 11.8. The molecule has 17 heavy (non-hydrogen) atoms. The predicted molar refractivity (Wildman–Crippen MR) is 64.9 cm³/mol. The van der Waals surface area contributed by atoms with Crippen molar-refractivity contribution in [1.82, 2.24) is 15.2 Å². The molecule has 0 radical (unpaired) electrons. The Morgan fingerprint density at radius 1 is 1.65 bits per heavy atom. The summed E-state index contributed by atoms with van der Waals surface area (Å²) in [4.78, 5) is 28.0. The lowest BCUT2D eigenvalue weighted by Crippen LogP contribution is -2.46. The van der Waals surface area contributed by atoms with Crippen LogP contribution in [0.1, 0.15) is 5.69 Å². The lowest BCUT2D eigenvalue weighted by molar-refractivity contribution is -0.140. The molecular formula is C9H11N3O3S2. The lowest BCUT2D eigenvalue weighted by atomic mass is 10.3. The molecule has 1 fully saturated rings. The zero-order chi connectivity index (χ0) is 12.3. The molecule has 1 atom stereocenters. The number of nitrogens with zero attached hydrogens (tertiary/aromatic N) is 2. The second-order valence-corrected chi connectivity index (χ2v) is 5.18. The Morgan fingerprint density at radius 3 is 3.12 bits per heavy atom. The fourth-order valence-electron chi connectivity index (χ4n) is 1.44. The van der Waals surface area contributed by atoms with E-state index in [9.17, 15) is 9.59 Å². The van der Waals surface area contributed by atoms with Crippen LogP contribution in [-0.4, -0.2) is 44.7 Å². The average molecular weight is 273 g/mol. The van der Waals surface area contributed by atoms with Crippen LogP contribution >= 0.6 is 23.1 Å². The molecule has 0 bridgehead atoms. The maximum Gasteiger partial charge on any atom is 0.327 e. The van der Waals surface area contributed by atoms with E-state index in [0.717, 1.165) is 5.69 Å². The van der Waals surface area contributed by atoms with E-state index in [0.29, 0.717) is 18.2 Å². The van der Waals surface area contributed by atoms with Crippen molar-refractivity contribution in [2.75, 3.05) is 11.6 Å². The number of carbonyl (C=O) groups excluding carboxylic acids is 1. The van der Waals surface area contributed by atoms with E-state index in [2.05, 4.69) is 10.3 Å². The van der Waals surface area contributed by atoms with E-state index < -0.39 is 12.0 Å². The molecule has 1 saturated heterocycles. The number of thioether (sulfide) groups is 1. The highest BCUT2D eigenvalue weighted by Crippen LogP contribution is 2.20. The highest BCUT2D eigenvalue weighted by molar-refractivity contribution is 7.99. The van der Waals surface area contributed by atoms with E-state index >= 15 is 0 Å². The van der Waals surface area contributed by atoms with Gasteiger partial charge in [0.25, 0.3) is 0 Å². The first-order valence-electron chi connectivity index (χ1n) is 4.90. The third-order valence-corrected chi connectivity index (χ3v) is 3.98. The molecule has 1 aliphatic rings. The summed E-state index contributed by atoms with van der Waals surface area (Å²) in [6, 6.07) is -1.08. The molecule has 6 nitrogen and oxygen atoms in total. The van der Waals surface area contributed by atoms with Crippen molar-refractivity contribution in [3.05, 3.63) is 16.6 Å². The summed E-state index contributed by atoms with van der Waals surface area (Å²) in [6.07, 6.45) is 0. The van der Waals surface area contributed by atoms with Crippen molar-refractivity contribution in [1.29, 1.82) is 0 Å². The number of carbonyl (C=O) groups is 2. The number of amides is 2. The highest BCUT2D eigenvalue weighted by Gasteiger charge is 2.34. The van der Waals surface area contributed by atoms with Gasteiger partial charge in [-0.1, -0.05) is 0 Å². The largest absolute Gasteiger partial charge is 0.480 e. The summed E-state index contributed by atoms with van der Waals surface area (Å²) in [5.74, 6) is -0.0990. The predicted octanol–water partition coefficient (Wildman–Crippen LogP) is 0.812. The van der Waals surface area contributed by atoms with Crippen LogP contribution in [0, 0.1) is 0 Å². The third kappa shape index (κ3) is 2.89. The van der Waals surface area contributed by atoms with E-state index in [4.69, 9.17) is 5.11 Å². The number of rotatable bonds is 3. The Morgan fingerprint density at radius 2 is 2.47 bits per heavy atom. The van der Waals surface area contributed by atoms with Gasteiger partial charge in [-0.15, -0.1) is 23.1 Å². The van der Waals surface area contributed by atoms with Gasteiger partial charge in [0.2, 0.25) is 0 Å². The van der Waals surface area contributed by atoms with Crippen molar-refractivity contribution in [2.45, 2.75) is 12.6 Å². The Balaban J connectivity index is 1.89. The Bertz CT molecular complexity index is 410. The highest BCUT2D eigenvalue weighted by atomic mass is 32.2. The van der Waals surface area contributed by atoms with Gasteiger partial charge in [0.05, 0.1) is 23.6 Å². The molecular weight excluding hydrogens is 262 g/mol. The monoisotopic (exact) mass is 273 g/mol. The number of aliphatic carboxylic acids is 1. The molecule has 0 aliphatic carbocycles. The normalized spacial score (nSPS) is 19.3. The molecule has 1 unspecified atom stereocenters. The molecule has 0 spiro atoms. The molecule has 2 N–H and O–H groups in total. The van der Waals surface area contributed by atoms with Gasteiger partial charge in [0.15, 0.2) is 0 Å². The van der Waals surface area contributed by atoms with Crippen molar-refractivity contribution >= 4 is 35.1 Å². The van der Waals surface area contributed by atoms with Crippen LogP contribution in [0.25, 0.3) is 0 Å². The second-order valence-electron chi connectivity index (χ2n) is 3.46. The quantitative estimate of drug-likeness (QED) is 0.851. The first-order valence-corrected chi connectivity index (χ1v) is 7.00. The van der Waals surface area contributed by atoms with Gasteiger partial charge in [-0.05, 0) is 0 Å². The summed E-state index contributed by atoms with van der Waals surface area (Å²) in [7, 11) is 0. The zero-order valence-electron chi connectivity index (χ0n) is 8.83. The van der Waals surface area contributed by atoms with Gasteiger partial charge < -0.3 is 15.3 Å². The minimum atomic E-state index is -0.959. The van der Waals surface area contributed by atoms with Crippen molar-refractivity contribution in [3.8, 4) is 0 Å². The minimum absolute atomic E-state index is 0.329. The van der Waals surface area contributed by atoms with Crippen molar-refractivity contribution in [3.63, 3.8) is 0 Å². The number of nitrogens with one attached hydrogen (secondary N) is 1. The van der Waals surface area contributed by atoms with Gasteiger partial charge in [0, 0.05) is 11.1 Å². The van der Waals surface area contributed by atoms with Crippen LogP contribution in [0.5, 0.6) is 0 Å². The molecule has 1 aromatic heterocycles. The van der Waals surface area contributed by atoms with Gasteiger partial charge in [-0.3, -0.25) is 0 Å². The number of hydrogen-bond donors (Lipinski definition) is 2. The molecule has 2 rings (SSSR count). The van der Waals surface area contributed by atoms with E-state index in [-0.39, 0.29) is 6.03 Å². The topological polar surface area (TPSA) is 82.5 Å². The van der Waals surface area contributed by atoms with Crippen molar-refractivity contribution < 1.29 is 14.7 Å². The fourth-order valence-corrected chi connectivity index (χ4v) is 3.14. The van der Waals surface area contributed by atoms with E-state index in [1.165, 1.54) is 28.0 Å². The summed E-state index contributed by atoms with van der Waals surface area (Å²) >= 11 is 2.90. The van der Waals surface area contributed by atoms with E-state index in [1.807, 2.05) is 5.38 Å². The molecule has 8 heteroatoms. The SMILES string of the molecule is O=C(O)C1CSCN1C(=O)NCc1cscn1. The van der Waals surface area contributed by atoms with Crippen LogP contribution in [0.15, 0.2) is 10.9 Å². The van der Waals surface area contributed by atoms with Crippen LogP contribution in [0.3, 0.4) is 0 Å². The number of hydrogen-bond acceptors (Lipinski definition) is 5. The maximum atomic E-state index is 11.8. The summed E-state index contributed by atoms with van der Waals surface area (Å²) in [5.41, 5.74) is 2.47. The van der Waals surface area contributed by atoms with Crippen LogP contribution in [-0.2, 0) is 11.3 Å². The lowest BCUT2D eigenvalue weighted by Gasteiger charge is -2.20. The first-order chi connectivity index (χ1) is 8.18. The number of aromatic nitrogens is 1. The molecule has 2 heterocycles. The fraction of sp³-hybridized carbons (Fsp3) is 0.444. The van der Waals surface area contributed by atoms with Crippen molar-refractivity contribution in [2.24, 2.45) is 0 Å². The number of carboxylic acid groups (broad SMARTS) is 1. The van der Waals surface area contributed by atoms with Crippen LogP contribution in [0.4, 0.5) is 4.79 Å². The summed E-state index contributed by atoms with van der Waals surface area (Å²) in [5, 5.41) is 13.4. The number of urea groups is 1. The van der Waals surface area contributed by atoms with Gasteiger partial charge in [-0.2, -0.15) is 0 Å². The second kappa shape index (κ2) is 5.37. The van der Waals surface area contributed by atoms with E-state index in [1.54, 1.807) is 5.51 Å². The summed E-state index contributed by atoms with van der Waals surface area (Å²) in [6.45, 7) is 0.329. The smallest absolute Gasteiger partial charge is 0.327 e. The molecule has 0 aromatic carbocycles. The Hall–Kier alpha value is -1.28. The molecule has 2 amide bonds. The molecule has 1 aromatic rings. The Labute approximate surface area is 106 Å². The number of thiazole rings is 1. The molecule has 0 saturated carbocycles. The van der Waals surface area contributed by atoms with Gasteiger partial charge in [-0.25, -0.2) is 14.6 Å². The molecule has 1 aliphatic heterocycles. The summed E-state index contributed by atoms with van der Waals surface area (Å²) < 4.78 is 0. The molecule has 92 valence electrons. The zero-order valence-corrected chi connectivity index (χ0v) is 10.5. The Kier molecular flexibility index (Phi) is 3.85. The van der Waals surface area contributed by atoms with Gasteiger partial charge >= 0.3 is 12.0 Å². The average Bonchev–Trinajstić information content (AvgIpc) is 2.96. The van der Waals surface area contributed by atoms with Crippen LogP contribution < -0.4 is 5.32 Å². The number of carboxylic acids is 1. The first kappa shape index (κ1) is 12.2.